The molecule has 0 atom stereocenters. The zero-order valence-electron chi connectivity index (χ0n) is 12.7. The number of rotatable bonds is 7. The first kappa shape index (κ1) is 14.1. The van der Waals surface area contributed by atoms with Crippen LogP contribution in [-0.4, -0.2) is 20.8 Å². The zero-order valence-corrected chi connectivity index (χ0v) is 12.7. The van der Waals surface area contributed by atoms with Gasteiger partial charge in [0.25, 0.3) is 0 Å². The lowest BCUT2D eigenvalue weighted by Gasteiger charge is -2.11. The van der Waals surface area contributed by atoms with Gasteiger partial charge < -0.3 is 10.1 Å². The fourth-order valence-electron chi connectivity index (χ4n) is 2.21. The second-order valence-corrected chi connectivity index (χ2v) is 5.63. The molecule has 0 unspecified atom stereocenters. The average Bonchev–Trinajstić information content (AvgIpc) is 3.19. The highest BCUT2D eigenvalue weighted by atomic mass is 16.5. The van der Waals surface area contributed by atoms with E-state index in [0.717, 1.165) is 42.3 Å². The number of nitrogens with one attached hydrogen (secondary N) is 1. The molecule has 5 nitrogen and oxygen atoms in total. The third kappa shape index (κ3) is 3.82. The largest absolute Gasteiger partial charge is 0.454 e. The van der Waals surface area contributed by atoms with E-state index < -0.39 is 0 Å². The van der Waals surface area contributed by atoms with Crippen LogP contribution in [-0.2, 0) is 13.1 Å². The van der Waals surface area contributed by atoms with Gasteiger partial charge in [-0.1, -0.05) is 6.92 Å². The maximum atomic E-state index is 6.01. The van der Waals surface area contributed by atoms with Gasteiger partial charge in [0.2, 0.25) is 0 Å². The summed E-state index contributed by atoms with van der Waals surface area (Å²) in [5.74, 6) is 1.65. The van der Waals surface area contributed by atoms with Crippen molar-refractivity contribution >= 4 is 0 Å². The van der Waals surface area contributed by atoms with E-state index >= 15 is 0 Å². The normalized spacial score (nSPS) is 14.4. The number of ether oxygens (including phenoxy) is 1. The van der Waals surface area contributed by atoms with E-state index in [1.165, 1.54) is 12.8 Å². The van der Waals surface area contributed by atoms with Crippen LogP contribution in [0.15, 0.2) is 24.7 Å². The van der Waals surface area contributed by atoms with Crippen molar-refractivity contribution in [2.24, 2.45) is 0 Å². The van der Waals surface area contributed by atoms with Crippen LogP contribution in [0.3, 0.4) is 0 Å². The Morgan fingerprint density at radius 2 is 2.24 bits per heavy atom. The Labute approximate surface area is 125 Å². The second-order valence-electron chi connectivity index (χ2n) is 5.63. The molecule has 2 heterocycles. The van der Waals surface area contributed by atoms with Crippen LogP contribution in [0, 0.1) is 6.92 Å². The van der Waals surface area contributed by atoms with E-state index in [4.69, 9.17) is 4.74 Å². The van der Waals surface area contributed by atoms with Crippen molar-refractivity contribution in [3.05, 3.63) is 35.9 Å². The Morgan fingerprint density at radius 3 is 3.00 bits per heavy atom. The van der Waals surface area contributed by atoms with Crippen LogP contribution in [0.5, 0.6) is 11.5 Å². The molecule has 3 rings (SSSR count). The Hall–Kier alpha value is -1.88. The van der Waals surface area contributed by atoms with Crippen LogP contribution in [0.2, 0.25) is 0 Å². The molecule has 1 aliphatic carbocycles. The predicted octanol–water partition coefficient (Wildman–Crippen LogP) is 3.04. The molecule has 1 saturated carbocycles. The first-order chi connectivity index (χ1) is 10.2. The number of nitrogens with zero attached hydrogens (tertiary/aromatic N) is 3. The van der Waals surface area contributed by atoms with Crippen molar-refractivity contribution < 1.29 is 4.74 Å². The molecule has 1 fully saturated rings. The minimum absolute atomic E-state index is 0.673. The van der Waals surface area contributed by atoms with Gasteiger partial charge in [-0.25, -0.2) is 0 Å². The lowest BCUT2D eigenvalue weighted by molar-refractivity contribution is 0.469. The van der Waals surface area contributed by atoms with Crippen molar-refractivity contribution in [1.82, 2.24) is 20.1 Å². The van der Waals surface area contributed by atoms with Gasteiger partial charge in [-0.3, -0.25) is 9.67 Å². The van der Waals surface area contributed by atoms with E-state index in [2.05, 4.69) is 22.3 Å². The third-order valence-electron chi connectivity index (χ3n) is 3.53. The highest BCUT2D eigenvalue weighted by Gasteiger charge is 2.21. The molecule has 0 spiro atoms. The number of pyridine rings is 1. The first-order valence-electron chi connectivity index (χ1n) is 7.64. The summed E-state index contributed by atoms with van der Waals surface area (Å²) in [5, 5.41) is 7.80. The van der Waals surface area contributed by atoms with Crippen molar-refractivity contribution in [1.29, 1.82) is 0 Å². The Kier molecular flexibility index (Phi) is 4.20. The summed E-state index contributed by atoms with van der Waals surface area (Å²) in [6.07, 6.45) is 9.22. The van der Waals surface area contributed by atoms with Gasteiger partial charge in [0, 0.05) is 42.7 Å². The van der Waals surface area contributed by atoms with Gasteiger partial charge in [-0.05, 0) is 26.2 Å². The van der Waals surface area contributed by atoms with Crippen LogP contribution >= 0.6 is 0 Å². The number of aryl methyl sites for hydroxylation is 2. The fourth-order valence-corrected chi connectivity index (χ4v) is 2.21. The van der Waals surface area contributed by atoms with Gasteiger partial charge in [0.1, 0.15) is 5.75 Å². The van der Waals surface area contributed by atoms with E-state index in [1.54, 1.807) is 6.20 Å². The Bertz CT molecular complexity index is 604. The van der Waals surface area contributed by atoms with Gasteiger partial charge in [-0.15, -0.1) is 0 Å². The van der Waals surface area contributed by atoms with E-state index in [9.17, 15) is 0 Å². The minimum Gasteiger partial charge on any atom is -0.454 e. The summed E-state index contributed by atoms with van der Waals surface area (Å²) >= 11 is 0. The third-order valence-corrected chi connectivity index (χ3v) is 3.53. The molecular weight excluding hydrogens is 264 g/mol. The van der Waals surface area contributed by atoms with Gasteiger partial charge >= 0.3 is 0 Å². The van der Waals surface area contributed by atoms with E-state index in [1.807, 2.05) is 30.1 Å². The van der Waals surface area contributed by atoms with E-state index in [-0.39, 0.29) is 0 Å². The topological polar surface area (TPSA) is 52.0 Å². The summed E-state index contributed by atoms with van der Waals surface area (Å²) < 4.78 is 7.91. The fraction of sp³-hybridized carbons (Fsp3) is 0.500. The summed E-state index contributed by atoms with van der Waals surface area (Å²) in [7, 11) is 0. The Morgan fingerprint density at radius 1 is 1.38 bits per heavy atom. The molecule has 0 bridgehead atoms. The molecule has 0 amide bonds. The molecule has 5 heteroatoms. The van der Waals surface area contributed by atoms with Crippen molar-refractivity contribution in [2.75, 3.05) is 0 Å². The maximum Gasteiger partial charge on any atom is 0.165 e. The molecule has 0 radical (unpaired) electrons. The quantitative estimate of drug-likeness (QED) is 0.850. The second kappa shape index (κ2) is 6.26. The van der Waals surface area contributed by atoms with Crippen LogP contribution in [0.4, 0.5) is 0 Å². The molecule has 1 aliphatic rings. The molecular formula is C16H22N4O. The molecule has 0 aliphatic heterocycles. The van der Waals surface area contributed by atoms with Crippen LogP contribution < -0.4 is 10.1 Å². The standard InChI is InChI=1S/C16H22N4O/c1-3-6-20-11-15(10-19-20)21-16-7-12(2)17-8-13(16)9-18-14-4-5-14/h7-8,10-11,14,18H,3-6,9H2,1-2H3. The number of aromatic nitrogens is 3. The first-order valence-corrected chi connectivity index (χ1v) is 7.64. The lowest BCUT2D eigenvalue weighted by atomic mass is 10.2. The average molecular weight is 286 g/mol. The van der Waals surface area contributed by atoms with Crippen molar-refractivity contribution in [2.45, 2.75) is 52.2 Å². The maximum absolute atomic E-state index is 6.01. The van der Waals surface area contributed by atoms with Gasteiger partial charge in [-0.2, -0.15) is 5.10 Å². The molecule has 21 heavy (non-hydrogen) atoms. The number of hydrogen-bond acceptors (Lipinski definition) is 4. The molecule has 2 aromatic heterocycles. The molecule has 112 valence electrons. The minimum atomic E-state index is 0.673. The zero-order chi connectivity index (χ0) is 14.7. The molecule has 2 aromatic rings. The highest BCUT2D eigenvalue weighted by molar-refractivity contribution is 5.36. The summed E-state index contributed by atoms with van der Waals surface area (Å²) in [5.41, 5.74) is 2.05. The smallest absolute Gasteiger partial charge is 0.165 e. The summed E-state index contributed by atoms with van der Waals surface area (Å²) in [4.78, 5) is 4.37. The number of hydrogen-bond donors (Lipinski definition) is 1. The monoisotopic (exact) mass is 286 g/mol. The summed E-state index contributed by atoms with van der Waals surface area (Å²) in [6, 6.07) is 2.66. The van der Waals surface area contributed by atoms with Crippen molar-refractivity contribution in [3.63, 3.8) is 0 Å². The van der Waals surface area contributed by atoms with Crippen LogP contribution in [0.1, 0.15) is 37.4 Å². The highest BCUT2D eigenvalue weighted by Crippen LogP contribution is 2.27. The lowest BCUT2D eigenvalue weighted by Crippen LogP contribution is -2.16. The molecule has 1 N–H and O–H groups in total. The van der Waals surface area contributed by atoms with Gasteiger partial charge in [0.05, 0.1) is 12.4 Å². The van der Waals surface area contributed by atoms with E-state index in [0.29, 0.717) is 6.04 Å². The SMILES string of the molecule is CCCn1cc(Oc2cc(C)ncc2CNC2CC2)cn1. The molecule has 0 aromatic carbocycles. The molecule has 0 saturated heterocycles. The van der Waals surface area contributed by atoms with Crippen molar-refractivity contribution in [3.8, 4) is 11.5 Å². The van der Waals surface area contributed by atoms with Crippen LogP contribution in [0.25, 0.3) is 0 Å². The van der Waals surface area contributed by atoms with Gasteiger partial charge in [0.15, 0.2) is 5.75 Å². The predicted molar refractivity (Wildman–Crippen MR) is 81.4 cm³/mol. The summed E-state index contributed by atoms with van der Waals surface area (Å²) in [6.45, 7) is 5.83. The Balaban J connectivity index is 1.73.